The van der Waals surface area contributed by atoms with Gasteiger partial charge in [0.1, 0.15) is 6.61 Å². The second-order valence-electron chi connectivity index (χ2n) is 2.66. The lowest BCUT2D eigenvalue weighted by Gasteiger charge is -2.06. The van der Waals surface area contributed by atoms with E-state index in [0.717, 1.165) is 6.07 Å². The van der Waals surface area contributed by atoms with E-state index in [0.29, 0.717) is 0 Å². The SMILES string of the molecule is O=C(O)NCCOc1ccc(Cl)cc1F. The van der Waals surface area contributed by atoms with Crippen LogP contribution in [-0.2, 0) is 0 Å². The molecule has 0 fully saturated rings. The first-order chi connectivity index (χ1) is 7.09. The number of benzene rings is 1. The Bertz CT molecular complexity index is 359. The van der Waals surface area contributed by atoms with E-state index in [1.54, 1.807) is 0 Å². The highest BCUT2D eigenvalue weighted by Gasteiger charge is 2.03. The highest BCUT2D eigenvalue weighted by molar-refractivity contribution is 6.30. The molecule has 0 heterocycles. The number of ether oxygens (including phenoxy) is 1. The Morgan fingerprint density at radius 3 is 2.93 bits per heavy atom. The van der Waals surface area contributed by atoms with Gasteiger partial charge in [-0.05, 0) is 18.2 Å². The fraction of sp³-hybridized carbons (Fsp3) is 0.222. The van der Waals surface area contributed by atoms with Gasteiger partial charge in [0.2, 0.25) is 0 Å². The Labute approximate surface area is 90.6 Å². The third kappa shape index (κ3) is 4.03. The van der Waals surface area contributed by atoms with E-state index in [4.69, 9.17) is 21.4 Å². The number of amides is 1. The van der Waals surface area contributed by atoms with Gasteiger partial charge in [-0.15, -0.1) is 0 Å². The molecule has 2 N–H and O–H groups in total. The maximum atomic E-state index is 13.1. The second-order valence-corrected chi connectivity index (χ2v) is 3.09. The van der Waals surface area contributed by atoms with Gasteiger partial charge >= 0.3 is 6.09 Å². The van der Waals surface area contributed by atoms with Crippen LogP contribution < -0.4 is 10.1 Å². The molecular weight excluding hydrogens is 225 g/mol. The van der Waals surface area contributed by atoms with E-state index in [2.05, 4.69) is 5.32 Å². The van der Waals surface area contributed by atoms with Crippen LogP contribution in [0.3, 0.4) is 0 Å². The van der Waals surface area contributed by atoms with Gasteiger partial charge in [-0.25, -0.2) is 9.18 Å². The van der Waals surface area contributed by atoms with Crippen molar-refractivity contribution in [2.45, 2.75) is 0 Å². The van der Waals surface area contributed by atoms with Gasteiger partial charge < -0.3 is 15.2 Å². The lowest BCUT2D eigenvalue weighted by atomic mass is 10.3. The van der Waals surface area contributed by atoms with Crippen molar-refractivity contribution in [2.24, 2.45) is 0 Å². The van der Waals surface area contributed by atoms with Crippen molar-refractivity contribution in [3.63, 3.8) is 0 Å². The third-order valence-electron chi connectivity index (χ3n) is 1.53. The van der Waals surface area contributed by atoms with Crippen LogP contribution in [-0.4, -0.2) is 24.4 Å². The smallest absolute Gasteiger partial charge is 0.404 e. The average molecular weight is 234 g/mol. The molecule has 0 aromatic heterocycles. The maximum absolute atomic E-state index is 13.1. The Kier molecular flexibility index (Phi) is 4.17. The second kappa shape index (κ2) is 5.41. The predicted molar refractivity (Wildman–Crippen MR) is 52.9 cm³/mol. The topological polar surface area (TPSA) is 58.6 Å². The summed E-state index contributed by atoms with van der Waals surface area (Å²) in [6.07, 6.45) is -1.14. The summed E-state index contributed by atoms with van der Waals surface area (Å²) in [7, 11) is 0. The first-order valence-corrected chi connectivity index (χ1v) is 4.52. The Hall–Kier alpha value is -1.49. The minimum absolute atomic E-state index is 0.0478. The van der Waals surface area contributed by atoms with E-state index < -0.39 is 11.9 Å². The first-order valence-electron chi connectivity index (χ1n) is 4.14. The zero-order chi connectivity index (χ0) is 11.3. The van der Waals surface area contributed by atoms with E-state index in [1.165, 1.54) is 12.1 Å². The molecule has 15 heavy (non-hydrogen) atoms. The number of hydrogen-bond acceptors (Lipinski definition) is 2. The highest BCUT2D eigenvalue weighted by Crippen LogP contribution is 2.20. The summed E-state index contributed by atoms with van der Waals surface area (Å²) in [4.78, 5) is 10.1. The molecule has 0 radical (unpaired) electrons. The number of rotatable bonds is 4. The van der Waals surface area contributed by atoms with E-state index in [-0.39, 0.29) is 23.9 Å². The number of hydrogen-bond donors (Lipinski definition) is 2. The molecule has 0 aliphatic rings. The summed E-state index contributed by atoms with van der Waals surface area (Å²) in [5.41, 5.74) is 0. The van der Waals surface area contributed by atoms with Crippen LogP contribution in [0.5, 0.6) is 5.75 Å². The summed E-state index contributed by atoms with van der Waals surface area (Å²) in [6, 6.07) is 4.00. The Morgan fingerprint density at radius 2 is 2.33 bits per heavy atom. The fourth-order valence-electron chi connectivity index (χ4n) is 0.911. The van der Waals surface area contributed by atoms with Crippen molar-refractivity contribution < 1.29 is 19.0 Å². The molecule has 1 aromatic carbocycles. The van der Waals surface area contributed by atoms with E-state index >= 15 is 0 Å². The van der Waals surface area contributed by atoms with Gasteiger partial charge in [-0.3, -0.25) is 0 Å². The minimum atomic E-state index is -1.14. The maximum Gasteiger partial charge on any atom is 0.404 e. The molecule has 1 aromatic rings. The molecule has 0 atom stereocenters. The molecule has 0 bridgehead atoms. The molecule has 0 saturated heterocycles. The minimum Gasteiger partial charge on any atom is -0.489 e. The van der Waals surface area contributed by atoms with Crippen molar-refractivity contribution >= 4 is 17.7 Å². The van der Waals surface area contributed by atoms with Crippen molar-refractivity contribution in [3.05, 3.63) is 29.0 Å². The van der Waals surface area contributed by atoms with Crippen molar-refractivity contribution in [3.8, 4) is 5.75 Å². The molecule has 0 unspecified atom stereocenters. The van der Waals surface area contributed by atoms with Crippen molar-refractivity contribution in [2.75, 3.05) is 13.2 Å². The molecule has 4 nitrogen and oxygen atoms in total. The number of carboxylic acid groups (broad SMARTS) is 1. The third-order valence-corrected chi connectivity index (χ3v) is 1.76. The quantitative estimate of drug-likeness (QED) is 0.784. The summed E-state index contributed by atoms with van der Waals surface area (Å²) in [5.74, 6) is -0.524. The summed E-state index contributed by atoms with van der Waals surface area (Å²) in [5, 5.41) is 10.6. The van der Waals surface area contributed by atoms with Crippen LogP contribution in [0.25, 0.3) is 0 Å². The molecular formula is C9H9ClFNO3. The van der Waals surface area contributed by atoms with Crippen LogP contribution in [0.15, 0.2) is 18.2 Å². The van der Waals surface area contributed by atoms with Gasteiger partial charge in [-0.2, -0.15) is 0 Å². The molecule has 0 aliphatic carbocycles. The Balaban J connectivity index is 2.40. The molecule has 0 aliphatic heterocycles. The lowest BCUT2D eigenvalue weighted by Crippen LogP contribution is -2.26. The number of halogens is 2. The predicted octanol–water partition coefficient (Wildman–Crippen LogP) is 2.13. The number of carbonyl (C=O) groups is 1. The van der Waals surface area contributed by atoms with Gasteiger partial charge in [0, 0.05) is 5.02 Å². The molecule has 6 heteroatoms. The van der Waals surface area contributed by atoms with Crippen LogP contribution in [0.4, 0.5) is 9.18 Å². The molecule has 1 amide bonds. The van der Waals surface area contributed by atoms with Gasteiger partial charge in [-0.1, -0.05) is 11.6 Å². The summed E-state index contributed by atoms with van der Waals surface area (Å²) in [6.45, 7) is 0.155. The lowest BCUT2D eigenvalue weighted by molar-refractivity contribution is 0.191. The monoisotopic (exact) mass is 233 g/mol. The molecule has 0 saturated carbocycles. The van der Waals surface area contributed by atoms with Crippen molar-refractivity contribution in [1.82, 2.24) is 5.32 Å². The molecule has 82 valence electrons. The van der Waals surface area contributed by atoms with Crippen LogP contribution >= 0.6 is 11.6 Å². The van der Waals surface area contributed by atoms with Crippen LogP contribution in [0, 0.1) is 5.82 Å². The highest BCUT2D eigenvalue weighted by atomic mass is 35.5. The van der Waals surface area contributed by atoms with E-state index in [1.807, 2.05) is 0 Å². The average Bonchev–Trinajstić information content (AvgIpc) is 2.14. The first kappa shape index (κ1) is 11.6. The van der Waals surface area contributed by atoms with Crippen LogP contribution in [0.2, 0.25) is 5.02 Å². The molecule has 0 spiro atoms. The molecule has 1 rings (SSSR count). The zero-order valence-electron chi connectivity index (χ0n) is 7.67. The van der Waals surface area contributed by atoms with Crippen LogP contribution in [0.1, 0.15) is 0 Å². The summed E-state index contributed by atoms with van der Waals surface area (Å²) < 4.78 is 18.1. The van der Waals surface area contributed by atoms with Gasteiger partial charge in [0.15, 0.2) is 11.6 Å². The normalized spacial score (nSPS) is 9.73. The summed E-state index contributed by atoms with van der Waals surface area (Å²) >= 11 is 5.53. The van der Waals surface area contributed by atoms with Crippen molar-refractivity contribution in [1.29, 1.82) is 0 Å². The number of nitrogens with one attached hydrogen (secondary N) is 1. The van der Waals surface area contributed by atoms with E-state index in [9.17, 15) is 9.18 Å². The zero-order valence-corrected chi connectivity index (χ0v) is 8.42. The van der Waals surface area contributed by atoms with Gasteiger partial charge in [0.25, 0.3) is 0 Å². The fourth-order valence-corrected chi connectivity index (χ4v) is 1.07. The van der Waals surface area contributed by atoms with Gasteiger partial charge in [0.05, 0.1) is 6.54 Å². The Morgan fingerprint density at radius 1 is 1.60 bits per heavy atom. The largest absolute Gasteiger partial charge is 0.489 e. The standard InChI is InChI=1S/C9H9ClFNO3/c10-6-1-2-8(7(11)5-6)15-4-3-12-9(13)14/h1-2,5,12H,3-4H2,(H,13,14).